The molecule has 4 rings (SSSR count). The Morgan fingerprint density at radius 3 is 2.73 bits per heavy atom. The Hall–Kier alpha value is -2.19. The van der Waals surface area contributed by atoms with Crippen molar-refractivity contribution in [1.29, 1.82) is 0 Å². The van der Waals surface area contributed by atoms with E-state index in [0.717, 1.165) is 75.3 Å². The quantitative estimate of drug-likeness (QED) is 0.837. The lowest BCUT2D eigenvalue weighted by Crippen LogP contribution is -2.39. The van der Waals surface area contributed by atoms with E-state index in [1.807, 2.05) is 25.2 Å². The van der Waals surface area contributed by atoms with Crippen LogP contribution in [0.4, 0.5) is 11.8 Å². The Morgan fingerprint density at radius 1 is 1.23 bits per heavy atom. The summed E-state index contributed by atoms with van der Waals surface area (Å²) in [5.74, 6) is 2.79. The number of hydrogen-bond acceptors (Lipinski definition) is 7. The van der Waals surface area contributed by atoms with Crippen molar-refractivity contribution in [3.63, 3.8) is 0 Å². The molecule has 0 amide bonds. The van der Waals surface area contributed by atoms with Gasteiger partial charge < -0.3 is 19.9 Å². The number of hydrogen-bond donors (Lipinski definition) is 2. The second kappa shape index (κ2) is 7.20. The van der Waals surface area contributed by atoms with Crippen LogP contribution in [0.3, 0.4) is 0 Å². The number of imidazole rings is 1. The monoisotopic (exact) mass is 357 g/mol. The fraction of sp³-hybridized carbons (Fsp3) is 0.611. The summed E-state index contributed by atoms with van der Waals surface area (Å²) in [6, 6.07) is 0. The molecule has 1 fully saturated rings. The predicted octanol–water partition coefficient (Wildman–Crippen LogP) is 0.785. The SMILES string of the molecule is CN(C)c1nc2c(c(N3CCC(O)CC3)n1)CN(Cc1ncc[nH]1)CC2. The number of aromatic nitrogens is 4. The molecule has 0 aromatic carbocycles. The van der Waals surface area contributed by atoms with Crippen LogP contribution in [0.2, 0.25) is 0 Å². The van der Waals surface area contributed by atoms with Crippen LogP contribution in [0.25, 0.3) is 0 Å². The molecule has 2 aliphatic heterocycles. The highest BCUT2D eigenvalue weighted by atomic mass is 16.3. The first kappa shape index (κ1) is 17.2. The second-order valence-electron chi connectivity index (χ2n) is 7.38. The standard InChI is InChI=1S/C18H27N7O/c1-23(2)18-21-15-5-8-24(12-16-19-6-7-20-16)11-14(15)17(22-18)25-9-3-13(26)4-10-25/h6-7,13,26H,3-5,8-12H2,1-2H3,(H,19,20). The molecule has 2 aromatic rings. The molecule has 0 bridgehead atoms. The van der Waals surface area contributed by atoms with E-state index < -0.39 is 0 Å². The Kier molecular flexibility index (Phi) is 4.78. The zero-order valence-corrected chi connectivity index (χ0v) is 15.5. The summed E-state index contributed by atoms with van der Waals surface area (Å²) < 4.78 is 0. The first-order valence-electron chi connectivity index (χ1n) is 9.31. The van der Waals surface area contributed by atoms with Crippen molar-refractivity contribution < 1.29 is 5.11 Å². The van der Waals surface area contributed by atoms with Gasteiger partial charge in [0.25, 0.3) is 0 Å². The Bertz CT molecular complexity index is 738. The van der Waals surface area contributed by atoms with Crippen LogP contribution in [-0.4, -0.2) is 69.8 Å². The predicted molar refractivity (Wildman–Crippen MR) is 100 cm³/mol. The maximum absolute atomic E-state index is 9.85. The summed E-state index contributed by atoms with van der Waals surface area (Å²) in [4.78, 5) is 23.9. The lowest BCUT2D eigenvalue weighted by atomic mass is 10.0. The average molecular weight is 357 g/mol. The first-order chi connectivity index (χ1) is 12.6. The van der Waals surface area contributed by atoms with E-state index in [9.17, 15) is 5.11 Å². The van der Waals surface area contributed by atoms with Crippen LogP contribution in [0.1, 0.15) is 29.9 Å². The van der Waals surface area contributed by atoms with E-state index in [1.54, 1.807) is 6.20 Å². The van der Waals surface area contributed by atoms with Gasteiger partial charge in [0.2, 0.25) is 5.95 Å². The molecule has 2 aromatic heterocycles. The van der Waals surface area contributed by atoms with Gasteiger partial charge in [0.15, 0.2) is 0 Å². The van der Waals surface area contributed by atoms with Crippen LogP contribution >= 0.6 is 0 Å². The fourth-order valence-corrected chi connectivity index (χ4v) is 3.71. The van der Waals surface area contributed by atoms with Crippen molar-refractivity contribution in [3.05, 3.63) is 29.5 Å². The van der Waals surface area contributed by atoms with Crippen LogP contribution in [0.5, 0.6) is 0 Å². The highest BCUT2D eigenvalue weighted by Gasteiger charge is 2.28. The molecule has 0 saturated carbocycles. The number of piperidine rings is 1. The zero-order chi connectivity index (χ0) is 18.1. The molecular formula is C18H27N7O. The minimum absolute atomic E-state index is 0.187. The summed E-state index contributed by atoms with van der Waals surface area (Å²) in [6.45, 7) is 4.29. The van der Waals surface area contributed by atoms with E-state index >= 15 is 0 Å². The minimum atomic E-state index is -0.187. The molecule has 4 heterocycles. The van der Waals surface area contributed by atoms with Gasteiger partial charge in [-0.1, -0.05) is 0 Å². The number of fused-ring (bicyclic) bond motifs is 1. The number of nitrogens with zero attached hydrogens (tertiary/aromatic N) is 6. The van der Waals surface area contributed by atoms with Gasteiger partial charge in [0, 0.05) is 64.7 Å². The molecular weight excluding hydrogens is 330 g/mol. The van der Waals surface area contributed by atoms with Gasteiger partial charge in [-0.2, -0.15) is 4.98 Å². The van der Waals surface area contributed by atoms with Gasteiger partial charge in [-0.3, -0.25) is 4.90 Å². The number of aliphatic hydroxyl groups excluding tert-OH is 1. The van der Waals surface area contributed by atoms with Crippen molar-refractivity contribution in [1.82, 2.24) is 24.8 Å². The number of rotatable bonds is 4. The van der Waals surface area contributed by atoms with Crippen molar-refractivity contribution in [2.24, 2.45) is 0 Å². The molecule has 0 aliphatic carbocycles. The van der Waals surface area contributed by atoms with Crippen molar-refractivity contribution in [2.45, 2.75) is 38.5 Å². The van der Waals surface area contributed by atoms with Crippen molar-refractivity contribution >= 4 is 11.8 Å². The molecule has 0 unspecified atom stereocenters. The van der Waals surface area contributed by atoms with Crippen molar-refractivity contribution in [3.8, 4) is 0 Å². The summed E-state index contributed by atoms with van der Waals surface area (Å²) in [5, 5.41) is 9.85. The molecule has 8 nitrogen and oxygen atoms in total. The molecule has 0 spiro atoms. The van der Waals surface area contributed by atoms with Crippen LogP contribution in [-0.2, 0) is 19.5 Å². The summed E-state index contributed by atoms with van der Waals surface area (Å²) in [7, 11) is 3.97. The highest BCUT2D eigenvalue weighted by Crippen LogP contribution is 2.30. The normalized spacial score (nSPS) is 18.8. The molecule has 26 heavy (non-hydrogen) atoms. The zero-order valence-electron chi connectivity index (χ0n) is 15.5. The van der Waals surface area contributed by atoms with E-state index in [2.05, 4.69) is 19.8 Å². The molecule has 2 N–H and O–H groups in total. The Balaban J connectivity index is 1.63. The van der Waals surface area contributed by atoms with Crippen LogP contribution in [0.15, 0.2) is 12.4 Å². The van der Waals surface area contributed by atoms with Crippen LogP contribution in [0, 0.1) is 0 Å². The number of nitrogens with one attached hydrogen (secondary N) is 1. The third-order valence-electron chi connectivity index (χ3n) is 5.20. The van der Waals surface area contributed by atoms with E-state index in [4.69, 9.17) is 9.97 Å². The third-order valence-corrected chi connectivity index (χ3v) is 5.20. The maximum Gasteiger partial charge on any atom is 0.227 e. The molecule has 2 aliphatic rings. The summed E-state index contributed by atoms with van der Waals surface area (Å²) >= 11 is 0. The minimum Gasteiger partial charge on any atom is -0.393 e. The molecule has 1 saturated heterocycles. The van der Waals surface area contributed by atoms with Gasteiger partial charge in [-0.15, -0.1) is 0 Å². The number of aromatic amines is 1. The number of anilines is 2. The topological polar surface area (TPSA) is 84.4 Å². The first-order valence-corrected chi connectivity index (χ1v) is 9.31. The molecule has 0 radical (unpaired) electrons. The van der Waals surface area contributed by atoms with Crippen molar-refractivity contribution in [2.75, 3.05) is 43.5 Å². The Labute approximate surface area is 153 Å². The van der Waals surface area contributed by atoms with E-state index in [0.29, 0.717) is 0 Å². The summed E-state index contributed by atoms with van der Waals surface area (Å²) in [5.41, 5.74) is 2.38. The van der Waals surface area contributed by atoms with Gasteiger partial charge in [0.1, 0.15) is 11.6 Å². The van der Waals surface area contributed by atoms with E-state index in [1.165, 1.54) is 5.56 Å². The number of aliphatic hydroxyl groups is 1. The fourth-order valence-electron chi connectivity index (χ4n) is 3.71. The lowest BCUT2D eigenvalue weighted by molar-refractivity contribution is 0.145. The molecule has 140 valence electrons. The number of H-pyrrole nitrogens is 1. The summed E-state index contributed by atoms with van der Waals surface area (Å²) in [6.07, 6.45) is 5.99. The third kappa shape index (κ3) is 3.52. The molecule has 8 heteroatoms. The highest BCUT2D eigenvalue weighted by molar-refractivity contribution is 5.54. The van der Waals surface area contributed by atoms with Gasteiger partial charge in [-0.05, 0) is 12.8 Å². The lowest BCUT2D eigenvalue weighted by Gasteiger charge is -2.35. The maximum atomic E-state index is 9.85. The smallest absolute Gasteiger partial charge is 0.227 e. The van der Waals surface area contributed by atoms with Crippen LogP contribution < -0.4 is 9.80 Å². The Morgan fingerprint density at radius 2 is 2.04 bits per heavy atom. The molecule has 0 atom stereocenters. The largest absolute Gasteiger partial charge is 0.393 e. The van der Waals surface area contributed by atoms with Gasteiger partial charge in [-0.25, -0.2) is 9.97 Å². The second-order valence-corrected chi connectivity index (χ2v) is 7.38. The van der Waals surface area contributed by atoms with Gasteiger partial charge >= 0.3 is 0 Å². The van der Waals surface area contributed by atoms with Gasteiger partial charge in [0.05, 0.1) is 18.3 Å². The average Bonchev–Trinajstić information content (AvgIpc) is 3.14. The van der Waals surface area contributed by atoms with E-state index in [-0.39, 0.29) is 6.10 Å².